The van der Waals surface area contributed by atoms with E-state index < -0.39 is 0 Å². The minimum Gasteiger partial charge on any atom is -0.493 e. The number of rotatable bonds is 9. The first-order valence-electron chi connectivity index (χ1n) is 8.03. The van der Waals surface area contributed by atoms with Crippen molar-refractivity contribution < 1.29 is 18.9 Å². The molecule has 6 heteroatoms. The van der Waals surface area contributed by atoms with E-state index in [0.29, 0.717) is 47.7 Å². The molecule has 25 heavy (non-hydrogen) atoms. The zero-order chi connectivity index (χ0) is 18.2. The number of hydrogen-bond donors (Lipinski definition) is 1. The van der Waals surface area contributed by atoms with Crippen LogP contribution in [0.15, 0.2) is 30.3 Å². The molecule has 0 heterocycles. The summed E-state index contributed by atoms with van der Waals surface area (Å²) in [6, 6.07) is 9.67. The Hall–Kier alpha value is -2.11. The number of halogens is 1. The van der Waals surface area contributed by atoms with Crippen LogP contribution >= 0.6 is 11.6 Å². The number of hydrogen-bond acceptors (Lipinski definition) is 5. The normalized spacial score (nSPS) is 10.4. The van der Waals surface area contributed by atoms with Crippen LogP contribution in [0.25, 0.3) is 0 Å². The molecule has 0 aliphatic carbocycles. The van der Waals surface area contributed by atoms with Crippen molar-refractivity contribution in [3.8, 4) is 23.0 Å². The highest BCUT2D eigenvalue weighted by Gasteiger charge is 2.11. The molecule has 0 radical (unpaired) electrons. The fraction of sp³-hybridized carbons (Fsp3) is 0.368. The van der Waals surface area contributed by atoms with Gasteiger partial charge in [0.15, 0.2) is 23.0 Å². The number of methoxy groups -OCH3 is 3. The molecule has 5 nitrogen and oxygen atoms in total. The third-order valence-corrected chi connectivity index (χ3v) is 3.96. The van der Waals surface area contributed by atoms with E-state index in [4.69, 9.17) is 30.5 Å². The first-order chi connectivity index (χ1) is 12.1. The van der Waals surface area contributed by atoms with E-state index in [9.17, 15) is 0 Å². The van der Waals surface area contributed by atoms with Gasteiger partial charge in [0.1, 0.15) is 0 Å². The SMILES string of the molecule is CCOc1c(Cl)cc(CNCc2ccc(OC)c(OC)c2)cc1OC. The number of nitrogens with one attached hydrogen (secondary N) is 1. The average molecular weight is 366 g/mol. The maximum Gasteiger partial charge on any atom is 0.179 e. The van der Waals surface area contributed by atoms with Crippen molar-refractivity contribution in [3.63, 3.8) is 0 Å². The maximum absolute atomic E-state index is 6.30. The van der Waals surface area contributed by atoms with Gasteiger partial charge in [0.05, 0.1) is 33.0 Å². The lowest BCUT2D eigenvalue weighted by atomic mass is 10.1. The molecular formula is C19H24ClNO4. The van der Waals surface area contributed by atoms with E-state index in [0.717, 1.165) is 11.1 Å². The van der Waals surface area contributed by atoms with Crippen LogP contribution in [-0.4, -0.2) is 27.9 Å². The van der Waals surface area contributed by atoms with E-state index >= 15 is 0 Å². The monoisotopic (exact) mass is 365 g/mol. The minimum absolute atomic E-state index is 0.535. The van der Waals surface area contributed by atoms with Crippen LogP contribution in [0.1, 0.15) is 18.1 Å². The minimum atomic E-state index is 0.535. The van der Waals surface area contributed by atoms with E-state index in [2.05, 4.69) is 5.32 Å². The molecule has 0 aromatic heterocycles. The Labute approximate surface area is 153 Å². The Balaban J connectivity index is 2.03. The molecule has 0 unspecified atom stereocenters. The lowest BCUT2D eigenvalue weighted by molar-refractivity contribution is 0.311. The molecular weight excluding hydrogens is 342 g/mol. The second-order valence-corrected chi connectivity index (χ2v) is 5.74. The van der Waals surface area contributed by atoms with Crippen LogP contribution < -0.4 is 24.3 Å². The van der Waals surface area contributed by atoms with E-state index in [1.54, 1.807) is 21.3 Å². The summed E-state index contributed by atoms with van der Waals surface area (Å²) in [5.41, 5.74) is 2.12. The molecule has 0 spiro atoms. The zero-order valence-corrected chi connectivity index (χ0v) is 15.8. The average Bonchev–Trinajstić information content (AvgIpc) is 2.63. The molecule has 0 bridgehead atoms. The Morgan fingerprint density at radius 1 is 0.840 bits per heavy atom. The van der Waals surface area contributed by atoms with Crippen LogP contribution in [0.4, 0.5) is 0 Å². The lowest BCUT2D eigenvalue weighted by Gasteiger charge is -2.14. The highest BCUT2D eigenvalue weighted by Crippen LogP contribution is 2.36. The Kier molecular flexibility index (Phi) is 7.22. The van der Waals surface area contributed by atoms with Crippen molar-refractivity contribution in [1.82, 2.24) is 5.32 Å². The molecule has 136 valence electrons. The Morgan fingerprint density at radius 3 is 2.12 bits per heavy atom. The molecule has 0 atom stereocenters. The fourth-order valence-electron chi connectivity index (χ4n) is 2.50. The lowest BCUT2D eigenvalue weighted by Crippen LogP contribution is -2.13. The van der Waals surface area contributed by atoms with E-state index in [1.807, 2.05) is 37.3 Å². The van der Waals surface area contributed by atoms with Gasteiger partial charge in [-0.25, -0.2) is 0 Å². The molecule has 0 saturated heterocycles. The Bertz CT molecular complexity index is 706. The van der Waals surface area contributed by atoms with Crippen molar-refractivity contribution in [3.05, 3.63) is 46.5 Å². The number of benzene rings is 2. The third kappa shape index (κ3) is 4.94. The van der Waals surface area contributed by atoms with Gasteiger partial charge in [0.2, 0.25) is 0 Å². The molecule has 0 aliphatic rings. The largest absolute Gasteiger partial charge is 0.493 e. The topological polar surface area (TPSA) is 49.0 Å². The quantitative estimate of drug-likeness (QED) is 0.726. The second-order valence-electron chi connectivity index (χ2n) is 5.33. The molecule has 0 aliphatic heterocycles. The molecule has 2 aromatic rings. The first kappa shape index (κ1) is 19.2. The maximum atomic E-state index is 6.30. The molecule has 0 saturated carbocycles. The van der Waals surface area contributed by atoms with Gasteiger partial charge >= 0.3 is 0 Å². The molecule has 2 rings (SSSR count). The zero-order valence-electron chi connectivity index (χ0n) is 15.0. The van der Waals surface area contributed by atoms with Crippen molar-refractivity contribution in [2.75, 3.05) is 27.9 Å². The number of ether oxygens (including phenoxy) is 4. The summed E-state index contributed by atoms with van der Waals surface area (Å²) in [5.74, 6) is 2.65. The van der Waals surface area contributed by atoms with Crippen molar-refractivity contribution >= 4 is 11.6 Å². The highest BCUT2D eigenvalue weighted by molar-refractivity contribution is 6.32. The van der Waals surface area contributed by atoms with E-state index in [1.165, 1.54) is 0 Å². The predicted octanol–water partition coefficient (Wildman–Crippen LogP) is 4.05. The summed E-state index contributed by atoms with van der Waals surface area (Å²) in [7, 11) is 4.86. The molecule has 0 fully saturated rings. The summed E-state index contributed by atoms with van der Waals surface area (Å²) in [6.07, 6.45) is 0. The van der Waals surface area contributed by atoms with Gasteiger partial charge in [0, 0.05) is 13.1 Å². The van der Waals surface area contributed by atoms with Crippen LogP contribution in [0.2, 0.25) is 5.02 Å². The van der Waals surface area contributed by atoms with Crippen LogP contribution in [0.5, 0.6) is 23.0 Å². The first-order valence-corrected chi connectivity index (χ1v) is 8.41. The van der Waals surface area contributed by atoms with Gasteiger partial charge in [0.25, 0.3) is 0 Å². The van der Waals surface area contributed by atoms with Gasteiger partial charge in [-0.15, -0.1) is 0 Å². The predicted molar refractivity (Wildman–Crippen MR) is 99.3 cm³/mol. The molecule has 0 amide bonds. The summed E-state index contributed by atoms with van der Waals surface area (Å²) in [4.78, 5) is 0. The van der Waals surface area contributed by atoms with Gasteiger partial charge < -0.3 is 24.3 Å². The Morgan fingerprint density at radius 2 is 1.48 bits per heavy atom. The van der Waals surface area contributed by atoms with Gasteiger partial charge in [-0.2, -0.15) is 0 Å². The fourth-order valence-corrected chi connectivity index (χ4v) is 2.79. The van der Waals surface area contributed by atoms with Gasteiger partial charge in [-0.1, -0.05) is 17.7 Å². The smallest absolute Gasteiger partial charge is 0.179 e. The molecule has 1 N–H and O–H groups in total. The van der Waals surface area contributed by atoms with E-state index in [-0.39, 0.29) is 0 Å². The summed E-state index contributed by atoms with van der Waals surface area (Å²) >= 11 is 6.30. The van der Waals surface area contributed by atoms with Crippen LogP contribution in [-0.2, 0) is 13.1 Å². The summed E-state index contributed by atoms with van der Waals surface area (Å²) < 4.78 is 21.5. The standard InChI is InChI=1S/C19H24ClNO4/c1-5-25-19-15(20)8-14(10-18(19)24-4)12-21-11-13-6-7-16(22-2)17(9-13)23-3/h6-10,21H,5,11-12H2,1-4H3. The van der Waals surface area contributed by atoms with Crippen molar-refractivity contribution in [2.45, 2.75) is 20.0 Å². The van der Waals surface area contributed by atoms with Crippen LogP contribution in [0, 0.1) is 0 Å². The highest BCUT2D eigenvalue weighted by atomic mass is 35.5. The second kappa shape index (κ2) is 9.39. The molecule has 2 aromatic carbocycles. The third-order valence-electron chi connectivity index (χ3n) is 3.68. The van der Waals surface area contributed by atoms with Gasteiger partial charge in [-0.3, -0.25) is 0 Å². The van der Waals surface area contributed by atoms with Gasteiger partial charge in [-0.05, 0) is 42.3 Å². The van der Waals surface area contributed by atoms with Crippen molar-refractivity contribution in [2.24, 2.45) is 0 Å². The van der Waals surface area contributed by atoms with Crippen molar-refractivity contribution in [1.29, 1.82) is 0 Å². The summed E-state index contributed by atoms with van der Waals surface area (Å²) in [6.45, 7) is 3.78. The van der Waals surface area contributed by atoms with Crippen LogP contribution in [0.3, 0.4) is 0 Å². The summed E-state index contributed by atoms with van der Waals surface area (Å²) in [5, 5.41) is 3.93.